The number of hydrogen-bond acceptors (Lipinski definition) is 4. The van der Waals surface area contributed by atoms with E-state index >= 15 is 0 Å². The predicted octanol–water partition coefficient (Wildman–Crippen LogP) is 1.88. The van der Waals surface area contributed by atoms with Crippen LogP contribution in [0.25, 0.3) is 10.6 Å². The number of nitrogens with one attached hydrogen (secondary N) is 1. The third-order valence-electron chi connectivity index (χ3n) is 2.36. The van der Waals surface area contributed by atoms with Crippen LogP contribution in [0.2, 0.25) is 0 Å². The summed E-state index contributed by atoms with van der Waals surface area (Å²) in [6, 6.07) is 3.86. The van der Waals surface area contributed by atoms with Crippen molar-refractivity contribution in [3.05, 3.63) is 35.6 Å². The molecule has 0 radical (unpaired) electrons. The lowest BCUT2D eigenvalue weighted by atomic mass is 10.3. The summed E-state index contributed by atoms with van der Waals surface area (Å²) in [5.74, 6) is 0.0591. The van der Waals surface area contributed by atoms with Crippen LogP contribution in [0.4, 0.5) is 0 Å². The first-order chi connectivity index (χ1) is 8.29. The van der Waals surface area contributed by atoms with E-state index in [1.165, 1.54) is 0 Å². The third kappa shape index (κ3) is 3.10. The van der Waals surface area contributed by atoms with Crippen molar-refractivity contribution < 1.29 is 4.79 Å². The summed E-state index contributed by atoms with van der Waals surface area (Å²) in [5, 5.41) is 3.58. The topological polar surface area (TPSA) is 54.9 Å². The Morgan fingerprint density at radius 3 is 2.88 bits per heavy atom. The molecule has 0 spiro atoms. The molecule has 5 heteroatoms. The van der Waals surface area contributed by atoms with Crippen LogP contribution in [0.15, 0.2) is 30.7 Å². The maximum atomic E-state index is 11.1. The number of aryl methyl sites for hydroxylation is 1. The van der Waals surface area contributed by atoms with Gasteiger partial charge in [0, 0.05) is 42.5 Å². The van der Waals surface area contributed by atoms with Crippen molar-refractivity contribution in [1.29, 1.82) is 0 Å². The Hall–Kier alpha value is -1.75. The van der Waals surface area contributed by atoms with Gasteiger partial charge in [-0.05, 0) is 18.6 Å². The molecule has 4 nitrogen and oxygen atoms in total. The lowest BCUT2D eigenvalue weighted by Gasteiger charge is -1.96. The average molecular weight is 247 g/mol. The van der Waals surface area contributed by atoms with E-state index < -0.39 is 0 Å². The van der Waals surface area contributed by atoms with Crippen molar-refractivity contribution in [3.8, 4) is 10.6 Å². The van der Waals surface area contributed by atoms with Crippen molar-refractivity contribution in [2.24, 2.45) is 0 Å². The molecule has 88 valence electrons. The van der Waals surface area contributed by atoms with E-state index in [2.05, 4.69) is 15.3 Å². The van der Waals surface area contributed by atoms with Crippen LogP contribution in [-0.2, 0) is 11.2 Å². The van der Waals surface area contributed by atoms with E-state index in [0.29, 0.717) is 6.42 Å². The van der Waals surface area contributed by atoms with E-state index in [4.69, 9.17) is 0 Å². The summed E-state index contributed by atoms with van der Waals surface area (Å²) in [5.41, 5.74) is 1.07. The fourth-order valence-corrected chi connectivity index (χ4v) is 2.33. The minimum atomic E-state index is 0.0591. The zero-order valence-electron chi connectivity index (χ0n) is 9.51. The van der Waals surface area contributed by atoms with Crippen molar-refractivity contribution in [3.63, 3.8) is 0 Å². The molecule has 17 heavy (non-hydrogen) atoms. The number of hydrogen-bond donors (Lipinski definition) is 1. The highest BCUT2D eigenvalue weighted by Crippen LogP contribution is 2.25. The molecule has 0 aromatic carbocycles. The first kappa shape index (κ1) is 11.7. The second-order valence-corrected chi connectivity index (χ2v) is 4.66. The average Bonchev–Trinajstić information content (AvgIpc) is 2.86. The molecule has 2 rings (SSSR count). The van der Waals surface area contributed by atoms with Gasteiger partial charge in [-0.2, -0.15) is 0 Å². The molecule has 0 aliphatic carbocycles. The minimum Gasteiger partial charge on any atom is -0.359 e. The number of pyridine rings is 1. The Bertz CT molecular complexity index is 495. The van der Waals surface area contributed by atoms with Gasteiger partial charge in [-0.25, -0.2) is 4.98 Å². The maximum absolute atomic E-state index is 11.1. The molecule has 0 unspecified atom stereocenters. The Labute approximate surface area is 104 Å². The van der Waals surface area contributed by atoms with Crippen molar-refractivity contribution in [2.75, 3.05) is 7.05 Å². The van der Waals surface area contributed by atoms with Crippen LogP contribution < -0.4 is 5.32 Å². The monoisotopic (exact) mass is 247 g/mol. The molecule has 0 atom stereocenters. The summed E-state index contributed by atoms with van der Waals surface area (Å²) >= 11 is 1.62. The quantitative estimate of drug-likeness (QED) is 0.897. The summed E-state index contributed by atoms with van der Waals surface area (Å²) < 4.78 is 0. The molecule has 1 N–H and O–H groups in total. The SMILES string of the molecule is CNC(=O)CCc1cnc(-c2ccncc2)s1. The van der Waals surface area contributed by atoms with Crippen molar-refractivity contribution in [2.45, 2.75) is 12.8 Å². The molecule has 0 saturated heterocycles. The second-order valence-electron chi connectivity index (χ2n) is 3.54. The van der Waals surface area contributed by atoms with E-state index in [1.54, 1.807) is 30.8 Å². The Morgan fingerprint density at radius 1 is 1.41 bits per heavy atom. The van der Waals surface area contributed by atoms with E-state index in [-0.39, 0.29) is 5.91 Å². The molecule has 1 amide bonds. The Kier molecular flexibility index (Phi) is 3.82. The number of carbonyl (C=O) groups excluding carboxylic acids is 1. The van der Waals surface area contributed by atoms with Gasteiger partial charge in [0.25, 0.3) is 0 Å². The molecule has 0 fully saturated rings. The van der Waals surface area contributed by atoms with E-state index in [9.17, 15) is 4.79 Å². The van der Waals surface area contributed by atoms with E-state index in [1.807, 2.05) is 18.3 Å². The zero-order valence-corrected chi connectivity index (χ0v) is 10.3. The number of nitrogens with zero attached hydrogens (tertiary/aromatic N) is 2. The summed E-state index contributed by atoms with van der Waals surface area (Å²) in [4.78, 5) is 20.6. The fraction of sp³-hybridized carbons (Fsp3) is 0.250. The van der Waals surface area contributed by atoms with Crippen LogP contribution in [0, 0.1) is 0 Å². The third-order valence-corrected chi connectivity index (χ3v) is 3.46. The maximum Gasteiger partial charge on any atom is 0.220 e. The van der Waals surface area contributed by atoms with Gasteiger partial charge in [0.15, 0.2) is 0 Å². The van der Waals surface area contributed by atoms with Gasteiger partial charge in [0.1, 0.15) is 5.01 Å². The van der Waals surface area contributed by atoms with Crippen LogP contribution in [0.3, 0.4) is 0 Å². The van der Waals surface area contributed by atoms with Gasteiger partial charge < -0.3 is 5.32 Å². The largest absolute Gasteiger partial charge is 0.359 e. The van der Waals surface area contributed by atoms with Crippen LogP contribution in [0.1, 0.15) is 11.3 Å². The first-order valence-electron chi connectivity index (χ1n) is 5.35. The highest BCUT2D eigenvalue weighted by molar-refractivity contribution is 7.15. The van der Waals surface area contributed by atoms with Gasteiger partial charge in [-0.15, -0.1) is 11.3 Å². The lowest BCUT2D eigenvalue weighted by molar-refractivity contribution is -0.120. The molecule has 0 aliphatic rings. The summed E-state index contributed by atoms with van der Waals surface area (Å²) in [6.45, 7) is 0. The lowest BCUT2D eigenvalue weighted by Crippen LogP contribution is -2.17. The van der Waals surface area contributed by atoms with E-state index in [0.717, 1.165) is 21.9 Å². The van der Waals surface area contributed by atoms with Crippen molar-refractivity contribution in [1.82, 2.24) is 15.3 Å². The van der Waals surface area contributed by atoms with Crippen LogP contribution >= 0.6 is 11.3 Å². The molecule has 2 aromatic rings. The molecular weight excluding hydrogens is 234 g/mol. The number of aromatic nitrogens is 2. The van der Waals surface area contributed by atoms with Gasteiger partial charge in [0.05, 0.1) is 0 Å². The molecule has 0 aliphatic heterocycles. The van der Waals surface area contributed by atoms with Crippen LogP contribution in [-0.4, -0.2) is 22.9 Å². The second kappa shape index (κ2) is 5.54. The summed E-state index contributed by atoms with van der Waals surface area (Å²) in [7, 11) is 1.65. The zero-order chi connectivity index (χ0) is 12.1. The van der Waals surface area contributed by atoms with Gasteiger partial charge >= 0.3 is 0 Å². The smallest absolute Gasteiger partial charge is 0.220 e. The van der Waals surface area contributed by atoms with Crippen molar-refractivity contribution >= 4 is 17.2 Å². The number of rotatable bonds is 4. The number of carbonyl (C=O) groups is 1. The van der Waals surface area contributed by atoms with Gasteiger partial charge in [-0.1, -0.05) is 0 Å². The molecule has 0 saturated carbocycles. The molecule has 2 aromatic heterocycles. The highest BCUT2D eigenvalue weighted by Gasteiger charge is 2.06. The molecule has 2 heterocycles. The number of amides is 1. The van der Waals surface area contributed by atoms with Crippen LogP contribution in [0.5, 0.6) is 0 Å². The normalized spacial score (nSPS) is 10.2. The molecule has 0 bridgehead atoms. The van der Waals surface area contributed by atoms with Gasteiger partial charge in [0.2, 0.25) is 5.91 Å². The predicted molar refractivity (Wildman–Crippen MR) is 67.7 cm³/mol. The van der Waals surface area contributed by atoms with Gasteiger partial charge in [-0.3, -0.25) is 9.78 Å². The highest BCUT2D eigenvalue weighted by atomic mass is 32.1. The molecular formula is C12H13N3OS. The Morgan fingerprint density at radius 2 is 2.18 bits per heavy atom. The fourth-order valence-electron chi connectivity index (χ4n) is 1.41. The first-order valence-corrected chi connectivity index (χ1v) is 6.17. The Balaban J connectivity index is 2.04. The summed E-state index contributed by atoms with van der Waals surface area (Å²) in [6.07, 6.45) is 6.59. The standard InChI is InChI=1S/C12H13N3OS/c1-13-11(16)3-2-10-8-15-12(17-10)9-4-6-14-7-5-9/h4-8H,2-3H2,1H3,(H,13,16). The number of thiazole rings is 1. The minimum absolute atomic E-state index is 0.0591.